The first-order chi connectivity index (χ1) is 11.5. The van der Waals surface area contributed by atoms with Gasteiger partial charge in [-0.05, 0) is 0 Å². The molecule has 0 bridgehead atoms. The molecule has 1 saturated heterocycles. The minimum atomic E-state index is -3.18. The van der Waals surface area contributed by atoms with Gasteiger partial charge in [0.15, 0.2) is 18.3 Å². The monoisotopic (exact) mass is 368 g/mol. The topological polar surface area (TPSA) is 114 Å². The zero-order valence-electron chi connectivity index (χ0n) is 13.9. The Balaban J connectivity index is 3.31. The second-order valence-electron chi connectivity index (χ2n) is 5.14. The molecular weight excluding hydrogens is 350 g/mol. The summed E-state index contributed by atoms with van der Waals surface area (Å²) in [6, 6.07) is 0. The van der Waals surface area contributed by atoms with Gasteiger partial charge in [0.1, 0.15) is 0 Å². The van der Waals surface area contributed by atoms with Gasteiger partial charge in [0.05, 0.1) is 0 Å². The lowest BCUT2D eigenvalue weighted by Crippen LogP contribution is -2.63. The Hall–Kier alpha value is -2.30. The molecular formula is C14H18F2O9. The fourth-order valence-electron chi connectivity index (χ4n) is 2.27. The number of hydrogen-bond acceptors (Lipinski definition) is 9. The van der Waals surface area contributed by atoms with E-state index in [1.54, 1.807) is 0 Å². The van der Waals surface area contributed by atoms with E-state index < -0.39 is 61.0 Å². The SMILES string of the molecule is CC(=O)OC1C(OC(C)=O)[C@H](OC(C)=O)C(C(F)F)O[C@H]1OC(C)=O. The Bertz CT molecular complexity index is 536. The number of esters is 4. The van der Waals surface area contributed by atoms with E-state index in [0.717, 1.165) is 27.7 Å². The van der Waals surface area contributed by atoms with Gasteiger partial charge in [-0.2, -0.15) is 0 Å². The summed E-state index contributed by atoms with van der Waals surface area (Å²) in [5.41, 5.74) is 0. The molecule has 0 saturated carbocycles. The van der Waals surface area contributed by atoms with Crippen molar-refractivity contribution in [1.82, 2.24) is 0 Å². The van der Waals surface area contributed by atoms with Crippen molar-refractivity contribution >= 4 is 23.9 Å². The highest BCUT2D eigenvalue weighted by molar-refractivity contribution is 5.69. The zero-order valence-corrected chi connectivity index (χ0v) is 13.9. The van der Waals surface area contributed by atoms with Gasteiger partial charge in [-0.3, -0.25) is 19.2 Å². The molecule has 11 heteroatoms. The number of ether oxygens (including phenoxy) is 5. The van der Waals surface area contributed by atoms with Crippen LogP contribution < -0.4 is 0 Å². The minimum absolute atomic E-state index is 0.889. The van der Waals surface area contributed by atoms with Crippen LogP contribution in [0.3, 0.4) is 0 Å². The number of hydrogen-bond donors (Lipinski definition) is 0. The van der Waals surface area contributed by atoms with E-state index in [1.165, 1.54) is 0 Å². The second-order valence-corrected chi connectivity index (χ2v) is 5.14. The van der Waals surface area contributed by atoms with E-state index in [-0.39, 0.29) is 0 Å². The lowest BCUT2D eigenvalue weighted by atomic mass is 9.98. The summed E-state index contributed by atoms with van der Waals surface area (Å²) in [7, 11) is 0. The lowest BCUT2D eigenvalue weighted by Gasteiger charge is -2.43. The molecule has 0 radical (unpaired) electrons. The third kappa shape index (κ3) is 5.93. The fraction of sp³-hybridized carbons (Fsp3) is 0.714. The van der Waals surface area contributed by atoms with Crippen LogP contribution in [0.1, 0.15) is 27.7 Å². The average Bonchev–Trinajstić information content (AvgIpc) is 2.42. The largest absolute Gasteiger partial charge is 0.455 e. The molecule has 0 spiro atoms. The Kier molecular flexibility index (Phi) is 7.22. The molecule has 9 nitrogen and oxygen atoms in total. The van der Waals surface area contributed by atoms with Gasteiger partial charge in [0.25, 0.3) is 6.43 Å². The number of carbonyl (C=O) groups is 4. The predicted octanol–water partition coefficient (Wildman–Crippen LogP) is 0.335. The van der Waals surface area contributed by atoms with E-state index in [4.69, 9.17) is 23.7 Å². The molecule has 1 heterocycles. The number of rotatable bonds is 5. The number of carbonyl (C=O) groups excluding carboxylic acids is 4. The molecule has 5 atom stereocenters. The Labute approximate surface area is 141 Å². The summed E-state index contributed by atoms with van der Waals surface area (Å²) in [6.45, 7) is 3.90. The standard InChI is InChI=1S/C14H18F2O9/c1-5(17)21-9-10(22-6(2)18)12(23-7(3)19)14(24-8(4)20)25-11(9)13(15)16/h9-14H,1-4H3/t9-,10?,11?,12?,14+/m0/s1. The van der Waals surface area contributed by atoms with E-state index in [0.29, 0.717) is 0 Å². The Morgan fingerprint density at radius 1 is 0.720 bits per heavy atom. The summed E-state index contributed by atoms with van der Waals surface area (Å²) in [4.78, 5) is 45.1. The first kappa shape index (κ1) is 20.7. The lowest BCUT2D eigenvalue weighted by molar-refractivity contribution is -0.310. The number of alkyl halides is 2. The predicted molar refractivity (Wildman–Crippen MR) is 73.1 cm³/mol. The van der Waals surface area contributed by atoms with Crippen molar-refractivity contribution in [1.29, 1.82) is 0 Å². The highest BCUT2D eigenvalue weighted by Gasteiger charge is 2.55. The van der Waals surface area contributed by atoms with Crippen LogP contribution in [0.4, 0.5) is 8.78 Å². The summed E-state index contributed by atoms with van der Waals surface area (Å²) in [5, 5.41) is 0. The molecule has 1 fully saturated rings. The van der Waals surface area contributed by atoms with Gasteiger partial charge in [-0.25, -0.2) is 8.78 Å². The van der Waals surface area contributed by atoms with Crippen molar-refractivity contribution in [2.24, 2.45) is 0 Å². The molecule has 0 aromatic carbocycles. The van der Waals surface area contributed by atoms with Gasteiger partial charge in [0.2, 0.25) is 12.4 Å². The second kappa shape index (κ2) is 8.70. The van der Waals surface area contributed by atoms with Crippen LogP contribution in [0.2, 0.25) is 0 Å². The molecule has 0 aliphatic carbocycles. The van der Waals surface area contributed by atoms with Gasteiger partial charge in [-0.15, -0.1) is 0 Å². The van der Waals surface area contributed by atoms with E-state index in [9.17, 15) is 28.0 Å². The molecule has 0 amide bonds. The van der Waals surface area contributed by atoms with Crippen molar-refractivity contribution in [3.05, 3.63) is 0 Å². The van der Waals surface area contributed by atoms with Gasteiger partial charge < -0.3 is 23.7 Å². The number of halogens is 2. The van der Waals surface area contributed by atoms with Crippen molar-refractivity contribution in [2.75, 3.05) is 0 Å². The van der Waals surface area contributed by atoms with E-state index in [2.05, 4.69) is 0 Å². The molecule has 0 aromatic heterocycles. The van der Waals surface area contributed by atoms with E-state index in [1.807, 2.05) is 0 Å². The van der Waals surface area contributed by atoms with Gasteiger partial charge in [-0.1, -0.05) is 0 Å². The van der Waals surface area contributed by atoms with Gasteiger partial charge in [0, 0.05) is 27.7 Å². The minimum Gasteiger partial charge on any atom is -0.455 e. The first-order valence-corrected chi connectivity index (χ1v) is 7.15. The first-order valence-electron chi connectivity index (χ1n) is 7.15. The summed E-state index contributed by atoms with van der Waals surface area (Å²) in [6.07, 6.45) is -12.1. The van der Waals surface area contributed by atoms with Crippen LogP contribution in [0.15, 0.2) is 0 Å². The van der Waals surface area contributed by atoms with Crippen LogP contribution in [0.5, 0.6) is 0 Å². The maximum Gasteiger partial charge on any atom is 0.305 e. The Morgan fingerprint density at radius 3 is 1.52 bits per heavy atom. The average molecular weight is 368 g/mol. The van der Waals surface area contributed by atoms with Crippen molar-refractivity contribution in [3.63, 3.8) is 0 Å². The molecule has 0 N–H and O–H groups in total. The fourth-order valence-corrected chi connectivity index (χ4v) is 2.27. The molecule has 1 aliphatic rings. The maximum atomic E-state index is 13.3. The maximum absolute atomic E-state index is 13.3. The van der Waals surface area contributed by atoms with Gasteiger partial charge >= 0.3 is 23.9 Å². The van der Waals surface area contributed by atoms with Crippen LogP contribution in [0.25, 0.3) is 0 Å². The normalized spacial score (nSPS) is 28.8. The van der Waals surface area contributed by atoms with Crippen LogP contribution in [0, 0.1) is 0 Å². The molecule has 0 aromatic rings. The third-order valence-electron chi connectivity index (χ3n) is 2.97. The highest BCUT2D eigenvalue weighted by Crippen LogP contribution is 2.32. The summed E-state index contributed by atoms with van der Waals surface area (Å²) >= 11 is 0. The smallest absolute Gasteiger partial charge is 0.305 e. The van der Waals surface area contributed by atoms with Crippen molar-refractivity contribution < 1.29 is 51.6 Å². The molecule has 1 rings (SSSR count). The van der Waals surface area contributed by atoms with Crippen LogP contribution in [-0.4, -0.2) is 61.0 Å². The highest BCUT2D eigenvalue weighted by atomic mass is 19.3. The summed E-state index contributed by atoms with van der Waals surface area (Å²) < 4.78 is 51.0. The van der Waals surface area contributed by atoms with Crippen molar-refractivity contribution in [3.8, 4) is 0 Å². The quantitative estimate of drug-likeness (QED) is 0.500. The molecule has 3 unspecified atom stereocenters. The third-order valence-corrected chi connectivity index (χ3v) is 2.97. The zero-order chi connectivity index (χ0) is 19.3. The summed E-state index contributed by atoms with van der Waals surface area (Å²) in [5.74, 6) is -3.68. The van der Waals surface area contributed by atoms with Crippen LogP contribution >= 0.6 is 0 Å². The molecule has 142 valence electrons. The molecule has 1 aliphatic heterocycles. The van der Waals surface area contributed by atoms with Crippen LogP contribution in [-0.2, 0) is 42.9 Å². The van der Waals surface area contributed by atoms with E-state index >= 15 is 0 Å². The molecule has 25 heavy (non-hydrogen) atoms. The Morgan fingerprint density at radius 2 is 1.12 bits per heavy atom. The van der Waals surface area contributed by atoms with Crippen molar-refractivity contribution in [2.45, 2.75) is 64.8 Å².